The number of aryl methyl sites for hydroxylation is 3. The molecular weight excluding hydrogens is 430 g/mol. The second-order valence-electron chi connectivity index (χ2n) is 8.56. The Kier molecular flexibility index (Phi) is 6.12. The number of hydrogen-bond donors (Lipinski definition) is 1. The minimum atomic E-state index is -0.208. The number of rotatable bonds is 6. The second-order valence-corrected chi connectivity index (χ2v) is 8.56. The van der Waals surface area contributed by atoms with Gasteiger partial charge in [-0.1, -0.05) is 29.8 Å². The van der Waals surface area contributed by atoms with E-state index in [0.29, 0.717) is 23.6 Å². The Balaban J connectivity index is 1.30. The molecule has 0 spiro atoms. The average molecular weight is 458 g/mol. The Hall–Kier alpha value is -3.94. The van der Waals surface area contributed by atoms with Gasteiger partial charge in [-0.2, -0.15) is 0 Å². The van der Waals surface area contributed by atoms with Crippen LogP contribution in [0.3, 0.4) is 0 Å². The zero-order valence-corrected chi connectivity index (χ0v) is 19.4. The fraction of sp³-hybridized carbons (Fsp3) is 0.308. The van der Waals surface area contributed by atoms with E-state index in [-0.39, 0.29) is 5.91 Å². The first-order valence-corrected chi connectivity index (χ1v) is 11.6. The Bertz CT molecular complexity index is 1300. The monoisotopic (exact) mass is 457 g/mol. The molecule has 0 bridgehead atoms. The van der Waals surface area contributed by atoms with Crippen molar-refractivity contribution in [3.8, 4) is 17.1 Å². The third kappa shape index (κ3) is 4.57. The average Bonchev–Trinajstić information content (AvgIpc) is 3.30. The number of aromatic nitrogens is 4. The first-order chi connectivity index (χ1) is 16.6. The molecule has 2 aromatic heterocycles. The van der Waals surface area contributed by atoms with Crippen molar-refractivity contribution >= 4 is 11.6 Å². The van der Waals surface area contributed by atoms with Crippen LogP contribution in [0.1, 0.15) is 52.5 Å². The van der Waals surface area contributed by atoms with Crippen LogP contribution in [0.4, 0.5) is 5.69 Å². The standard InChI is InChI=1S/C26H27N5O3/c1-17-23(18(2)34-30-17)16-33-22-11-7-9-20(15-22)26(32)27-21-10-6-8-19(14-21)25-29-28-24-12-4-3-5-13-31(24)25/h6-11,14-15H,3-5,12-13,16H2,1-2H3,(H,27,32). The van der Waals surface area contributed by atoms with Gasteiger partial charge in [-0.15, -0.1) is 10.2 Å². The number of ether oxygens (including phenoxy) is 1. The van der Waals surface area contributed by atoms with Gasteiger partial charge in [0.25, 0.3) is 5.91 Å². The summed E-state index contributed by atoms with van der Waals surface area (Å²) < 4.78 is 13.3. The van der Waals surface area contributed by atoms with Crippen LogP contribution in [-0.4, -0.2) is 25.8 Å². The summed E-state index contributed by atoms with van der Waals surface area (Å²) in [5, 5.41) is 15.8. The van der Waals surface area contributed by atoms with Crippen molar-refractivity contribution in [3.05, 3.63) is 76.9 Å². The van der Waals surface area contributed by atoms with E-state index in [4.69, 9.17) is 9.26 Å². The van der Waals surface area contributed by atoms with E-state index in [2.05, 4.69) is 25.2 Å². The molecule has 1 aliphatic heterocycles. The molecule has 0 atom stereocenters. The van der Waals surface area contributed by atoms with E-state index in [1.54, 1.807) is 18.2 Å². The van der Waals surface area contributed by atoms with Gasteiger partial charge < -0.3 is 19.1 Å². The molecule has 8 heteroatoms. The van der Waals surface area contributed by atoms with Crippen LogP contribution in [0, 0.1) is 13.8 Å². The lowest BCUT2D eigenvalue weighted by Gasteiger charge is -2.11. The molecule has 0 radical (unpaired) electrons. The molecule has 4 aromatic rings. The predicted octanol–water partition coefficient (Wildman–Crippen LogP) is 5.11. The van der Waals surface area contributed by atoms with Crippen LogP contribution in [-0.2, 0) is 19.6 Å². The topological polar surface area (TPSA) is 95.1 Å². The Morgan fingerprint density at radius 3 is 2.82 bits per heavy atom. The number of hydrogen-bond acceptors (Lipinski definition) is 6. The minimum Gasteiger partial charge on any atom is -0.489 e. The van der Waals surface area contributed by atoms with Crippen molar-refractivity contribution in [3.63, 3.8) is 0 Å². The van der Waals surface area contributed by atoms with E-state index < -0.39 is 0 Å². The molecule has 0 aliphatic carbocycles. The summed E-state index contributed by atoms with van der Waals surface area (Å²) >= 11 is 0. The van der Waals surface area contributed by atoms with Crippen LogP contribution in [0.2, 0.25) is 0 Å². The molecule has 8 nitrogen and oxygen atoms in total. The molecule has 1 aliphatic rings. The molecule has 2 aromatic carbocycles. The number of benzene rings is 2. The van der Waals surface area contributed by atoms with Crippen molar-refractivity contribution in [1.82, 2.24) is 19.9 Å². The highest BCUT2D eigenvalue weighted by atomic mass is 16.5. The van der Waals surface area contributed by atoms with Gasteiger partial charge in [-0.3, -0.25) is 4.79 Å². The molecule has 0 unspecified atom stereocenters. The van der Waals surface area contributed by atoms with Crippen molar-refractivity contribution in [2.24, 2.45) is 0 Å². The summed E-state index contributed by atoms with van der Waals surface area (Å²) in [5.74, 6) is 3.02. The first kappa shape index (κ1) is 21.9. The molecule has 0 fully saturated rings. The summed E-state index contributed by atoms with van der Waals surface area (Å²) in [4.78, 5) is 13.0. The maximum absolute atomic E-state index is 13.0. The van der Waals surface area contributed by atoms with E-state index in [0.717, 1.165) is 60.0 Å². The van der Waals surface area contributed by atoms with E-state index >= 15 is 0 Å². The minimum absolute atomic E-state index is 0.208. The maximum atomic E-state index is 13.0. The first-order valence-electron chi connectivity index (χ1n) is 11.6. The second kappa shape index (κ2) is 9.51. The van der Waals surface area contributed by atoms with Crippen molar-refractivity contribution in [2.45, 2.75) is 52.7 Å². The van der Waals surface area contributed by atoms with Crippen LogP contribution in [0.25, 0.3) is 11.4 Å². The maximum Gasteiger partial charge on any atom is 0.255 e. The number of nitrogens with one attached hydrogen (secondary N) is 1. The van der Waals surface area contributed by atoms with E-state index in [9.17, 15) is 4.79 Å². The number of nitrogens with zero attached hydrogens (tertiary/aromatic N) is 4. The highest BCUT2D eigenvalue weighted by Gasteiger charge is 2.17. The highest BCUT2D eigenvalue weighted by Crippen LogP contribution is 2.25. The molecule has 1 N–H and O–H groups in total. The Morgan fingerprint density at radius 2 is 1.97 bits per heavy atom. The van der Waals surface area contributed by atoms with Gasteiger partial charge in [-0.25, -0.2) is 0 Å². The van der Waals surface area contributed by atoms with Gasteiger partial charge in [-0.05, 0) is 57.0 Å². The molecule has 3 heterocycles. The fourth-order valence-electron chi connectivity index (χ4n) is 4.23. The fourth-order valence-corrected chi connectivity index (χ4v) is 4.23. The van der Waals surface area contributed by atoms with Crippen molar-refractivity contribution in [1.29, 1.82) is 0 Å². The summed E-state index contributed by atoms with van der Waals surface area (Å²) in [7, 11) is 0. The summed E-state index contributed by atoms with van der Waals surface area (Å²) in [6.07, 6.45) is 4.44. The number of carbonyl (C=O) groups is 1. The molecule has 0 saturated heterocycles. The number of carbonyl (C=O) groups excluding carboxylic acids is 1. The third-order valence-electron chi connectivity index (χ3n) is 6.15. The zero-order chi connectivity index (χ0) is 23.5. The van der Waals surface area contributed by atoms with Gasteiger partial charge in [0.05, 0.1) is 11.3 Å². The quantitative estimate of drug-likeness (QED) is 0.432. The summed E-state index contributed by atoms with van der Waals surface area (Å²) in [6.45, 7) is 4.99. The third-order valence-corrected chi connectivity index (χ3v) is 6.15. The van der Waals surface area contributed by atoms with Crippen molar-refractivity contribution < 1.29 is 14.1 Å². The lowest BCUT2D eigenvalue weighted by Crippen LogP contribution is -2.12. The Morgan fingerprint density at radius 1 is 1.09 bits per heavy atom. The van der Waals surface area contributed by atoms with E-state index in [1.165, 1.54) is 6.42 Å². The highest BCUT2D eigenvalue weighted by molar-refractivity contribution is 6.04. The molecular formula is C26H27N5O3. The lowest BCUT2D eigenvalue weighted by molar-refractivity contribution is 0.102. The van der Waals surface area contributed by atoms with Crippen LogP contribution in [0.15, 0.2) is 53.1 Å². The van der Waals surface area contributed by atoms with Gasteiger partial charge in [0.2, 0.25) is 0 Å². The van der Waals surface area contributed by atoms with Crippen LogP contribution in [0.5, 0.6) is 5.75 Å². The lowest BCUT2D eigenvalue weighted by atomic mass is 10.1. The van der Waals surface area contributed by atoms with Crippen LogP contribution < -0.4 is 10.1 Å². The van der Waals surface area contributed by atoms with Gasteiger partial charge in [0, 0.05) is 29.8 Å². The summed E-state index contributed by atoms with van der Waals surface area (Å²) in [5.41, 5.74) is 3.87. The number of fused-ring (bicyclic) bond motifs is 1. The largest absolute Gasteiger partial charge is 0.489 e. The van der Waals surface area contributed by atoms with Crippen LogP contribution >= 0.6 is 0 Å². The number of anilines is 1. The van der Waals surface area contributed by atoms with Gasteiger partial charge >= 0.3 is 0 Å². The molecule has 5 rings (SSSR count). The predicted molar refractivity (Wildman–Crippen MR) is 128 cm³/mol. The number of amides is 1. The summed E-state index contributed by atoms with van der Waals surface area (Å²) in [6, 6.07) is 14.9. The molecule has 174 valence electrons. The smallest absolute Gasteiger partial charge is 0.255 e. The van der Waals surface area contributed by atoms with Crippen molar-refractivity contribution in [2.75, 3.05) is 5.32 Å². The molecule has 1 amide bonds. The molecule has 34 heavy (non-hydrogen) atoms. The van der Waals surface area contributed by atoms with Gasteiger partial charge in [0.15, 0.2) is 5.82 Å². The normalized spacial score (nSPS) is 13.2. The van der Waals surface area contributed by atoms with Gasteiger partial charge in [0.1, 0.15) is 23.9 Å². The zero-order valence-electron chi connectivity index (χ0n) is 19.4. The van der Waals surface area contributed by atoms with E-state index in [1.807, 2.05) is 44.2 Å². The SMILES string of the molecule is Cc1noc(C)c1COc1cccc(C(=O)Nc2cccc(-c3nnc4n3CCCCC4)c2)c1. The Labute approximate surface area is 197 Å². The molecule has 0 saturated carbocycles.